The lowest BCUT2D eigenvalue weighted by atomic mass is 10.2. The summed E-state index contributed by atoms with van der Waals surface area (Å²) < 4.78 is 31.3. The van der Waals surface area contributed by atoms with Crippen molar-refractivity contribution in [3.05, 3.63) is 29.8 Å². The quantitative estimate of drug-likeness (QED) is 0.901. The van der Waals surface area contributed by atoms with Crippen LogP contribution in [-0.4, -0.2) is 21.6 Å². The molecule has 94 valence electrons. The number of nitrogens with two attached hydrogens (primary N) is 1. The van der Waals surface area contributed by atoms with Crippen LogP contribution in [0.3, 0.4) is 0 Å². The van der Waals surface area contributed by atoms with Gasteiger partial charge in [-0.2, -0.15) is 15.0 Å². The molecule has 5 nitrogen and oxygen atoms in total. The summed E-state index contributed by atoms with van der Waals surface area (Å²) in [5, 5.41) is 0. The molecule has 0 amide bonds. The van der Waals surface area contributed by atoms with Crippen LogP contribution in [0.5, 0.6) is 6.01 Å². The van der Waals surface area contributed by atoms with E-state index in [4.69, 9.17) is 10.5 Å². The molecule has 0 aliphatic carbocycles. The highest BCUT2D eigenvalue weighted by Crippen LogP contribution is 2.20. The molecule has 0 radical (unpaired) electrons. The molecule has 0 unspecified atom stereocenters. The molecule has 2 rings (SSSR count). The maximum atomic E-state index is 13.1. The van der Waals surface area contributed by atoms with Crippen LogP contribution in [0.4, 0.5) is 14.7 Å². The summed E-state index contributed by atoms with van der Waals surface area (Å²) in [6.45, 7) is 2.10. The minimum atomic E-state index is -0.720. The molecule has 7 heteroatoms. The van der Waals surface area contributed by atoms with E-state index in [2.05, 4.69) is 15.0 Å². The van der Waals surface area contributed by atoms with E-state index in [-0.39, 0.29) is 23.3 Å². The minimum Gasteiger partial charge on any atom is -0.464 e. The fourth-order valence-electron chi connectivity index (χ4n) is 1.38. The second-order valence-corrected chi connectivity index (χ2v) is 3.39. The van der Waals surface area contributed by atoms with E-state index in [1.807, 2.05) is 0 Å². The fraction of sp³-hybridized carbons (Fsp3) is 0.182. The van der Waals surface area contributed by atoms with Gasteiger partial charge in [0.15, 0.2) is 5.82 Å². The van der Waals surface area contributed by atoms with Gasteiger partial charge in [0.25, 0.3) is 0 Å². The first-order valence-corrected chi connectivity index (χ1v) is 5.19. The third kappa shape index (κ3) is 2.68. The van der Waals surface area contributed by atoms with Crippen molar-refractivity contribution in [2.75, 3.05) is 12.3 Å². The number of anilines is 1. The standard InChI is InChI=1S/C11H10F2N4O/c1-2-18-11-16-9(15-10(14)17-11)6-3-7(12)5-8(13)4-6/h3-5H,2H2,1H3,(H2,14,15,16,17). The molecule has 0 aliphatic heterocycles. The van der Waals surface area contributed by atoms with Crippen molar-refractivity contribution < 1.29 is 13.5 Å². The highest BCUT2D eigenvalue weighted by molar-refractivity contribution is 5.56. The Labute approximate surface area is 102 Å². The predicted molar refractivity (Wildman–Crippen MR) is 60.8 cm³/mol. The van der Waals surface area contributed by atoms with E-state index >= 15 is 0 Å². The average Bonchev–Trinajstić information content (AvgIpc) is 2.27. The number of hydrogen-bond donors (Lipinski definition) is 1. The van der Waals surface area contributed by atoms with Crippen molar-refractivity contribution in [3.63, 3.8) is 0 Å². The summed E-state index contributed by atoms with van der Waals surface area (Å²) >= 11 is 0. The third-order valence-corrected chi connectivity index (χ3v) is 2.03. The summed E-state index contributed by atoms with van der Waals surface area (Å²) in [5.41, 5.74) is 5.64. The topological polar surface area (TPSA) is 73.9 Å². The molecule has 2 N–H and O–H groups in total. The lowest BCUT2D eigenvalue weighted by Gasteiger charge is -2.05. The minimum absolute atomic E-state index is 0.0182. The summed E-state index contributed by atoms with van der Waals surface area (Å²) in [7, 11) is 0. The molecule has 0 aliphatic rings. The predicted octanol–water partition coefficient (Wildman–Crippen LogP) is 1.80. The van der Waals surface area contributed by atoms with Crippen molar-refractivity contribution in [2.24, 2.45) is 0 Å². The third-order valence-electron chi connectivity index (χ3n) is 2.03. The van der Waals surface area contributed by atoms with Crippen LogP contribution in [0.2, 0.25) is 0 Å². The lowest BCUT2D eigenvalue weighted by Crippen LogP contribution is -2.05. The van der Waals surface area contributed by atoms with Gasteiger partial charge < -0.3 is 10.5 Å². The van der Waals surface area contributed by atoms with Crippen molar-refractivity contribution >= 4 is 5.95 Å². The van der Waals surface area contributed by atoms with Crippen LogP contribution in [-0.2, 0) is 0 Å². The number of benzene rings is 1. The van der Waals surface area contributed by atoms with E-state index in [1.165, 1.54) is 0 Å². The van der Waals surface area contributed by atoms with Gasteiger partial charge in [-0.25, -0.2) is 8.78 Å². The van der Waals surface area contributed by atoms with E-state index < -0.39 is 11.6 Å². The zero-order chi connectivity index (χ0) is 13.1. The molecule has 1 aromatic carbocycles. The average molecular weight is 252 g/mol. The lowest BCUT2D eigenvalue weighted by molar-refractivity contribution is 0.312. The molecule has 0 bridgehead atoms. The number of halogens is 2. The summed E-state index contributed by atoms with van der Waals surface area (Å²) in [6.07, 6.45) is 0. The first-order valence-electron chi connectivity index (χ1n) is 5.19. The zero-order valence-corrected chi connectivity index (χ0v) is 9.52. The zero-order valence-electron chi connectivity index (χ0n) is 9.52. The van der Waals surface area contributed by atoms with Crippen LogP contribution < -0.4 is 10.5 Å². The Bertz CT molecular complexity index is 557. The van der Waals surface area contributed by atoms with Gasteiger partial charge in [-0.1, -0.05) is 0 Å². The molecule has 0 spiro atoms. The Morgan fingerprint density at radius 3 is 2.39 bits per heavy atom. The van der Waals surface area contributed by atoms with Gasteiger partial charge in [-0.05, 0) is 19.1 Å². The Kier molecular flexibility index (Phi) is 3.31. The maximum Gasteiger partial charge on any atom is 0.321 e. The van der Waals surface area contributed by atoms with Crippen LogP contribution in [0.1, 0.15) is 6.92 Å². The Hall–Kier alpha value is -2.31. The monoisotopic (exact) mass is 252 g/mol. The Balaban J connectivity index is 2.49. The normalized spacial score (nSPS) is 10.4. The second-order valence-electron chi connectivity index (χ2n) is 3.39. The first kappa shape index (κ1) is 12.2. The molecule has 0 fully saturated rings. The van der Waals surface area contributed by atoms with E-state index in [0.717, 1.165) is 18.2 Å². The number of nitrogens with zero attached hydrogens (tertiary/aromatic N) is 3. The molecule has 0 saturated heterocycles. The van der Waals surface area contributed by atoms with Gasteiger partial charge >= 0.3 is 6.01 Å². The Morgan fingerprint density at radius 2 is 1.78 bits per heavy atom. The van der Waals surface area contributed by atoms with Crippen molar-refractivity contribution in [3.8, 4) is 17.4 Å². The maximum absolute atomic E-state index is 13.1. The van der Waals surface area contributed by atoms with Gasteiger partial charge in [-0.15, -0.1) is 0 Å². The fourth-order valence-corrected chi connectivity index (χ4v) is 1.38. The van der Waals surface area contributed by atoms with E-state index in [9.17, 15) is 8.78 Å². The molecule has 0 saturated carbocycles. The number of nitrogen functional groups attached to an aromatic ring is 1. The summed E-state index contributed by atoms with van der Waals surface area (Å²) in [5.74, 6) is -1.46. The second kappa shape index (κ2) is 4.91. The smallest absolute Gasteiger partial charge is 0.321 e. The molecule has 0 atom stereocenters. The molecule has 1 aromatic heterocycles. The number of rotatable bonds is 3. The Morgan fingerprint density at radius 1 is 1.11 bits per heavy atom. The molecular formula is C11H10F2N4O. The van der Waals surface area contributed by atoms with Gasteiger partial charge in [-0.3, -0.25) is 0 Å². The van der Waals surface area contributed by atoms with Crippen LogP contribution in [0, 0.1) is 11.6 Å². The van der Waals surface area contributed by atoms with Crippen molar-refractivity contribution in [1.29, 1.82) is 0 Å². The highest BCUT2D eigenvalue weighted by atomic mass is 19.1. The van der Waals surface area contributed by atoms with E-state index in [1.54, 1.807) is 6.92 Å². The number of hydrogen-bond acceptors (Lipinski definition) is 5. The molecule has 18 heavy (non-hydrogen) atoms. The van der Waals surface area contributed by atoms with Crippen molar-refractivity contribution in [2.45, 2.75) is 6.92 Å². The number of aromatic nitrogens is 3. The SMILES string of the molecule is CCOc1nc(N)nc(-c2cc(F)cc(F)c2)n1. The van der Waals surface area contributed by atoms with Gasteiger partial charge in [0.05, 0.1) is 6.61 Å². The van der Waals surface area contributed by atoms with Crippen LogP contribution in [0.25, 0.3) is 11.4 Å². The highest BCUT2D eigenvalue weighted by Gasteiger charge is 2.10. The van der Waals surface area contributed by atoms with Gasteiger partial charge in [0.1, 0.15) is 11.6 Å². The summed E-state index contributed by atoms with van der Waals surface area (Å²) in [4.78, 5) is 11.5. The van der Waals surface area contributed by atoms with E-state index in [0.29, 0.717) is 6.61 Å². The first-order chi connectivity index (χ1) is 8.58. The molecular weight excluding hydrogens is 242 g/mol. The van der Waals surface area contributed by atoms with Gasteiger partial charge in [0.2, 0.25) is 5.95 Å². The largest absolute Gasteiger partial charge is 0.464 e. The summed E-state index contributed by atoms with van der Waals surface area (Å²) in [6, 6.07) is 2.99. The van der Waals surface area contributed by atoms with Crippen LogP contribution >= 0.6 is 0 Å². The molecule has 2 aromatic rings. The van der Waals surface area contributed by atoms with Gasteiger partial charge in [0, 0.05) is 11.6 Å². The number of ether oxygens (including phenoxy) is 1. The van der Waals surface area contributed by atoms with Crippen LogP contribution in [0.15, 0.2) is 18.2 Å². The van der Waals surface area contributed by atoms with Crippen molar-refractivity contribution in [1.82, 2.24) is 15.0 Å². The molecule has 1 heterocycles.